The third-order valence-electron chi connectivity index (χ3n) is 1.33. The van der Waals surface area contributed by atoms with Crippen LogP contribution in [-0.2, 0) is 0 Å². The SMILES string of the molecule is Cc1ccccc1NNF.Cl. The molecule has 0 aliphatic carbocycles. The molecule has 0 aliphatic heterocycles. The summed E-state index contributed by atoms with van der Waals surface area (Å²) in [7, 11) is 0. The first-order chi connectivity index (χ1) is 4.84. The van der Waals surface area contributed by atoms with Crippen LogP contribution in [0.2, 0.25) is 0 Å². The Morgan fingerprint density at radius 3 is 2.45 bits per heavy atom. The Bertz CT molecular complexity index is 217. The molecule has 2 N–H and O–H groups in total. The summed E-state index contributed by atoms with van der Waals surface area (Å²) in [5.74, 6) is 0. The van der Waals surface area contributed by atoms with E-state index in [2.05, 4.69) is 5.43 Å². The second kappa shape index (κ2) is 4.93. The first-order valence-corrected chi connectivity index (χ1v) is 3.02. The van der Waals surface area contributed by atoms with Crippen molar-refractivity contribution in [2.45, 2.75) is 6.92 Å². The van der Waals surface area contributed by atoms with Crippen molar-refractivity contribution in [3.63, 3.8) is 0 Å². The van der Waals surface area contributed by atoms with Gasteiger partial charge in [0.05, 0.1) is 5.69 Å². The molecule has 0 heterocycles. The number of hydrogen-bond donors (Lipinski definition) is 2. The van der Waals surface area contributed by atoms with Crippen molar-refractivity contribution >= 4 is 18.1 Å². The first kappa shape index (κ1) is 10.2. The zero-order chi connectivity index (χ0) is 7.40. The number of para-hydroxylation sites is 1. The molecule has 4 heteroatoms. The molecule has 62 valence electrons. The Labute approximate surface area is 71.1 Å². The van der Waals surface area contributed by atoms with E-state index in [9.17, 15) is 4.48 Å². The molecule has 0 unspecified atom stereocenters. The zero-order valence-corrected chi connectivity index (χ0v) is 6.91. The number of benzene rings is 1. The van der Waals surface area contributed by atoms with Crippen LogP contribution < -0.4 is 11.1 Å². The molecule has 0 saturated carbocycles. The van der Waals surface area contributed by atoms with E-state index in [0.717, 1.165) is 11.3 Å². The highest BCUT2D eigenvalue weighted by molar-refractivity contribution is 5.85. The smallest absolute Gasteiger partial charge is 0.0541 e. The third-order valence-corrected chi connectivity index (χ3v) is 1.33. The molecule has 1 rings (SSSR count). The second-order valence-electron chi connectivity index (χ2n) is 2.03. The van der Waals surface area contributed by atoms with Crippen LogP contribution >= 0.6 is 12.4 Å². The number of rotatable bonds is 2. The maximum absolute atomic E-state index is 11.5. The molecule has 0 saturated heterocycles. The highest BCUT2D eigenvalue weighted by atomic mass is 35.5. The van der Waals surface area contributed by atoms with Gasteiger partial charge >= 0.3 is 0 Å². The van der Waals surface area contributed by atoms with Crippen LogP contribution in [0.25, 0.3) is 0 Å². The van der Waals surface area contributed by atoms with Gasteiger partial charge in [0.2, 0.25) is 0 Å². The van der Waals surface area contributed by atoms with Crippen LogP contribution in [0.3, 0.4) is 0 Å². The minimum atomic E-state index is 0. The Morgan fingerprint density at radius 2 is 1.91 bits per heavy atom. The molecule has 0 amide bonds. The lowest BCUT2D eigenvalue weighted by molar-refractivity contribution is 0.376. The van der Waals surface area contributed by atoms with E-state index < -0.39 is 0 Å². The average molecular weight is 177 g/mol. The molecular formula is C7H10ClFN2. The van der Waals surface area contributed by atoms with E-state index in [0.29, 0.717) is 0 Å². The highest BCUT2D eigenvalue weighted by Crippen LogP contribution is 2.10. The van der Waals surface area contributed by atoms with Gasteiger partial charge in [0.1, 0.15) is 0 Å². The van der Waals surface area contributed by atoms with E-state index in [4.69, 9.17) is 0 Å². The summed E-state index contributed by atoms with van der Waals surface area (Å²) in [6.07, 6.45) is 0. The van der Waals surface area contributed by atoms with Crippen LogP contribution in [0.5, 0.6) is 0 Å². The Hall–Kier alpha value is -0.800. The van der Waals surface area contributed by atoms with Gasteiger partial charge in [-0.3, -0.25) is 5.43 Å². The lowest BCUT2D eigenvalue weighted by Crippen LogP contribution is -2.10. The lowest BCUT2D eigenvalue weighted by Gasteiger charge is -2.03. The van der Waals surface area contributed by atoms with Crippen LogP contribution in [0.1, 0.15) is 5.56 Å². The fraction of sp³-hybridized carbons (Fsp3) is 0.143. The van der Waals surface area contributed by atoms with Gasteiger partial charge in [-0.25, -0.2) is 0 Å². The molecular weight excluding hydrogens is 167 g/mol. The number of nitrogens with one attached hydrogen (secondary N) is 2. The number of halogens is 2. The van der Waals surface area contributed by atoms with Crippen molar-refractivity contribution in [1.29, 1.82) is 0 Å². The number of anilines is 1. The van der Waals surface area contributed by atoms with E-state index >= 15 is 0 Å². The summed E-state index contributed by atoms with van der Waals surface area (Å²) in [4.78, 5) is 0. The minimum absolute atomic E-state index is 0. The largest absolute Gasteiger partial charge is 0.294 e. The van der Waals surface area contributed by atoms with Crippen molar-refractivity contribution in [1.82, 2.24) is 5.65 Å². The third kappa shape index (κ3) is 2.74. The molecule has 11 heavy (non-hydrogen) atoms. The molecule has 0 aromatic heterocycles. The van der Waals surface area contributed by atoms with Crippen molar-refractivity contribution < 1.29 is 4.48 Å². The van der Waals surface area contributed by atoms with Gasteiger partial charge in [-0.15, -0.1) is 16.9 Å². The first-order valence-electron chi connectivity index (χ1n) is 3.02. The quantitative estimate of drug-likeness (QED) is 0.534. The van der Waals surface area contributed by atoms with Crippen LogP contribution in [-0.4, -0.2) is 0 Å². The number of aryl methyl sites for hydroxylation is 1. The summed E-state index contributed by atoms with van der Waals surface area (Å²) in [6, 6.07) is 7.44. The van der Waals surface area contributed by atoms with Gasteiger partial charge in [0, 0.05) is 0 Å². The summed E-state index contributed by atoms with van der Waals surface area (Å²) < 4.78 is 11.5. The lowest BCUT2D eigenvalue weighted by atomic mass is 10.2. The Morgan fingerprint density at radius 1 is 1.27 bits per heavy atom. The molecule has 0 radical (unpaired) electrons. The van der Waals surface area contributed by atoms with Gasteiger partial charge < -0.3 is 0 Å². The second-order valence-corrected chi connectivity index (χ2v) is 2.03. The van der Waals surface area contributed by atoms with Gasteiger partial charge in [-0.1, -0.05) is 23.8 Å². The number of hydrogen-bond acceptors (Lipinski definition) is 2. The monoisotopic (exact) mass is 176 g/mol. The molecule has 0 fully saturated rings. The van der Waals surface area contributed by atoms with Crippen LogP contribution in [0.4, 0.5) is 10.2 Å². The molecule has 0 spiro atoms. The van der Waals surface area contributed by atoms with Crippen molar-refractivity contribution in [3.8, 4) is 0 Å². The van der Waals surface area contributed by atoms with Gasteiger partial charge in [0.15, 0.2) is 0 Å². The number of hydrazine groups is 1. The molecule has 0 atom stereocenters. The molecule has 1 aromatic carbocycles. The van der Waals surface area contributed by atoms with Gasteiger partial charge in [-0.05, 0) is 18.6 Å². The van der Waals surface area contributed by atoms with Crippen molar-refractivity contribution in [2.75, 3.05) is 5.43 Å². The summed E-state index contributed by atoms with van der Waals surface area (Å²) in [6.45, 7) is 1.90. The van der Waals surface area contributed by atoms with Crippen LogP contribution in [0.15, 0.2) is 24.3 Å². The topological polar surface area (TPSA) is 24.1 Å². The standard InChI is InChI=1S/C7H9FN2.ClH/c1-6-4-2-3-5-7(6)9-10-8;/h2-5,9-10H,1H3;1H. The molecule has 1 aromatic rings. The van der Waals surface area contributed by atoms with Crippen LogP contribution in [0, 0.1) is 6.92 Å². The maximum Gasteiger partial charge on any atom is 0.0541 e. The fourth-order valence-electron chi connectivity index (χ4n) is 0.764. The zero-order valence-electron chi connectivity index (χ0n) is 6.10. The van der Waals surface area contributed by atoms with Gasteiger partial charge in [0.25, 0.3) is 0 Å². The fourth-order valence-corrected chi connectivity index (χ4v) is 0.764. The molecule has 0 bridgehead atoms. The highest BCUT2D eigenvalue weighted by Gasteiger charge is 1.91. The summed E-state index contributed by atoms with van der Waals surface area (Å²) >= 11 is 0. The van der Waals surface area contributed by atoms with E-state index in [1.54, 1.807) is 6.07 Å². The van der Waals surface area contributed by atoms with E-state index in [1.165, 1.54) is 5.65 Å². The average Bonchev–Trinajstić information content (AvgIpc) is 1.94. The predicted molar refractivity (Wildman–Crippen MR) is 46.3 cm³/mol. The maximum atomic E-state index is 11.5. The molecule has 0 aliphatic rings. The van der Waals surface area contributed by atoms with Crippen molar-refractivity contribution in [2.24, 2.45) is 0 Å². The molecule has 2 nitrogen and oxygen atoms in total. The summed E-state index contributed by atoms with van der Waals surface area (Å²) in [5, 5.41) is 0. The van der Waals surface area contributed by atoms with E-state index in [-0.39, 0.29) is 12.4 Å². The van der Waals surface area contributed by atoms with Crippen molar-refractivity contribution in [3.05, 3.63) is 29.8 Å². The van der Waals surface area contributed by atoms with E-state index in [1.807, 2.05) is 25.1 Å². The summed E-state index contributed by atoms with van der Waals surface area (Å²) in [5.41, 5.74) is 5.50. The Kier molecular flexibility index (Phi) is 4.57. The predicted octanol–water partition coefficient (Wildman–Crippen LogP) is 2.22. The van der Waals surface area contributed by atoms with Gasteiger partial charge in [-0.2, -0.15) is 0 Å². The Balaban J connectivity index is 0.000001000. The normalized spacial score (nSPS) is 8.55. The minimum Gasteiger partial charge on any atom is -0.294 e.